The van der Waals surface area contributed by atoms with Crippen molar-refractivity contribution in [2.75, 3.05) is 6.54 Å². The zero-order chi connectivity index (χ0) is 20.8. The molecular formula is C22H26Cl2N2O2. The predicted molar refractivity (Wildman–Crippen MR) is 115 cm³/mol. The minimum atomic E-state index is -0.620. The monoisotopic (exact) mass is 420 g/mol. The Hall–Kier alpha value is -2.04. The zero-order valence-electron chi connectivity index (χ0n) is 16.7. The second-order valence-electron chi connectivity index (χ2n) is 7.00. The lowest BCUT2D eigenvalue weighted by atomic mass is 10.0. The molecule has 150 valence electrons. The van der Waals surface area contributed by atoms with E-state index in [0.29, 0.717) is 16.6 Å². The van der Waals surface area contributed by atoms with E-state index >= 15 is 0 Å². The van der Waals surface area contributed by atoms with Crippen molar-refractivity contribution >= 4 is 35.0 Å². The highest BCUT2D eigenvalue weighted by Crippen LogP contribution is 2.23. The molecule has 6 heteroatoms. The van der Waals surface area contributed by atoms with Crippen LogP contribution in [0.4, 0.5) is 0 Å². The standard InChI is InChI=1S/C22H26Cl2N2O2/c1-5-25-22(28)16(4)26(13-18-6-7-19(23)12-20(18)24)21(27)11-17-9-14(2)8-15(3)10-17/h6-10,12,16H,5,11,13H2,1-4H3,(H,25,28)/t16-/m1/s1. The first-order valence-corrected chi connectivity index (χ1v) is 10.0. The van der Waals surface area contributed by atoms with Crippen LogP contribution in [0, 0.1) is 13.8 Å². The van der Waals surface area contributed by atoms with Gasteiger partial charge in [-0.3, -0.25) is 9.59 Å². The highest BCUT2D eigenvalue weighted by molar-refractivity contribution is 6.35. The number of hydrogen-bond acceptors (Lipinski definition) is 2. The Morgan fingerprint density at radius 2 is 1.71 bits per heavy atom. The lowest BCUT2D eigenvalue weighted by Gasteiger charge is -2.29. The molecule has 2 aromatic rings. The van der Waals surface area contributed by atoms with Gasteiger partial charge in [-0.15, -0.1) is 0 Å². The first-order chi connectivity index (χ1) is 13.2. The third-order valence-electron chi connectivity index (χ3n) is 4.51. The first kappa shape index (κ1) is 22.3. The number of rotatable bonds is 7. The Balaban J connectivity index is 2.30. The molecular weight excluding hydrogens is 395 g/mol. The Morgan fingerprint density at radius 1 is 1.07 bits per heavy atom. The topological polar surface area (TPSA) is 49.4 Å². The molecule has 0 fully saturated rings. The molecule has 2 rings (SSSR count). The molecule has 0 aliphatic rings. The number of carbonyl (C=O) groups excluding carboxylic acids is 2. The summed E-state index contributed by atoms with van der Waals surface area (Å²) in [6, 6.07) is 10.6. The lowest BCUT2D eigenvalue weighted by Crippen LogP contribution is -2.48. The van der Waals surface area contributed by atoms with E-state index in [-0.39, 0.29) is 24.8 Å². The van der Waals surface area contributed by atoms with E-state index < -0.39 is 6.04 Å². The first-order valence-electron chi connectivity index (χ1n) is 9.29. The average molecular weight is 421 g/mol. The number of amides is 2. The summed E-state index contributed by atoms with van der Waals surface area (Å²) in [5, 5.41) is 3.78. The minimum absolute atomic E-state index is 0.130. The van der Waals surface area contributed by atoms with E-state index in [1.807, 2.05) is 32.9 Å². The fraction of sp³-hybridized carbons (Fsp3) is 0.364. The van der Waals surface area contributed by atoms with Crippen LogP contribution in [0.1, 0.15) is 36.1 Å². The van der Waals surface area contributed by atoms with Gasteiger partial charge in [0.2, 0.25) is 11.8 Å². The van der Waals surface area contributed by atoms with Crippen molar-refractivity contribution in [1.29, 1.82) is 0 Å². The largest absolute Gasteiger partial charge is 0.355 e. The number of nitrogens with zero attached hydrogens (tertiary/aromatic N) is 1. The fourth-order valence-electron chi connectivity index (χ4n) is 3.19. The maximum Gasteiger partial charge on any atom is 0.242 e. The second kappa shape index (κ2) is 9.94. The van der Waals surface area contributed by atoms with Gasteiger partial charge in [-0.2, -0.15) is 0 Å². The van der Waals surface area contributed by atoms with E-state index in [1.54, 1.807) is 30.0 Å². The zero-order valence-corrected chi connectivity index (χ0v) is 18.2. The van der Waals surface area contributed by atoms with E-state index in [4.69, 9.17) is 23.2 Å². The molecule has 2 amide bonds. The highest BCUT2D eigenvalue weighted by atomic mass is 35.5. The van der Waals surface area contributed by atoms with Gasteiger partial charge >= 0.3 is 0 Å². The van der Waals surface area contributed by atoms with Gasteiger partial charge in [-0.25, -0.2) is 0 Å². The molecule has 0 aliphatic heterocycles. The van der Waals surface area contributed by atoms with Crippen molar-refractivity contribution in [3.05, 3.63) is 68.7 Å². The SMILES string of the molecule is CCNC(=O)[C@@H](C)N(Cc1ccc(Cl)cc1Cl)C(=O)Cc1cc(C)cc(C)c1. The molecule has 0 unspecified atom stereocenters. The van der Waals surface area contributed by atoms with Gasteiger partial charge in [0.25, 0.3) is 0 Å². The number of nitrogens with one attached hydrogen (secondary N) is 1. The van der Waals surface area contributed by atoms with Crippen LogP contribution < -0.4 is 5.32 Å². The van der Waals surface area contributed by atoms with E-state index in [2.05, 4.69) is 11.4 Å². The molecule has 1 N–H and O–H groups in total. The Labute approximate surface area is 176 Å². The summed E-state index contributed by atoms with van der Waals surface area (Å²) in [6.07, 6.45) is 0.220. The van der Waals surface area contributed by atoms with E-state index in [9.17, 15) is 9.59 Å². The smallest absolute Gasteiger partial charge is 0.242 e. The van der Waals surface area contributed by atoms with Gasteiger partial charge in [0.05, 0.1) is 6.42 Å². The molecule has 2 aromatic carbocycles. The fourth-order valence-corrected chi connectivity index (χ4v) is 3.65. The molecule has 0 saturated carbocycles. The molecule has 0 aliphatic carbocycles. The normalized spacial score (nSPS) is 11.8. The summed E-state index contributed by atoms with van der Waals surface area (Å²) >= 11 is 12.3. The van der Waals surface area contributed by atoms with E-state index in [0.717, 1.165) is 22.3 Å². The van der Waals surface area contributed by atoms with Crippen molar-refractivity contribution in [3.63, 3.8) is 0 Å². The summed E-state index contributed by atoms with van der Waals surface area (Å²) in [6.45, 7) is 8.32. The quantitative estimate of drug-likeness (QED) is 0.704. The van der Waals surface area contributed by atoms with Crippen molar-refractivity contribution < 1.29 is 9.59 Å². The van der Waals surface area contributed by atoms with Crippen LogP contribution in [-0.2, 0) is 22.6 Å². The molecule has 0 spiro atoms. The minimum Gasteiger partial charge on any atom is -0.355 e. The molecule has 4 nitrogen and oxygen atoms in total. The van der Waals surface area contributed by atoms with Crippen LogP contribution in [0.25, 0.3) is 0 Å². The second-order valence-corrected chi connectivity index (χ2v) is 7.84. The van der Waals surface area contributed by atoms with Crippen molar-refractivity contribution in [2.24, 2.45) is 0 Å². The van der Waals surface area contributed by atoms with Gasteiger partial charge in [0.15, 0.2) is 0 Å². The van der Waals surface area contributed by atoms with E-state index in [1.165, 1.54) is 0 Å². The Kier molecular flexibility index (Phi) is 7.90. The van der Waals surface area contributed by atoms with Gasteiger partial charge in [0.1, 0.15) is 6.04 Å². The summed E-state index contributed by atoms with van der Waals surface area (Å²) in [5.74, 6) is -0.323. The summed E-state index contributed by atoms with van der Waals surface area (Å²) < 4.78 is 0. The summed E-state index contributed by atoms with van der Waals surface area (Å²) in [7, 11) is 0. The maximum atomic E-state index is 13.1. The summed E-state index contributed by atoms with van der Waals surface area (Å²) in [5.41, 5.74) is 3.88. The van der Waals surface area contributed by atoms with Crippen molar-refractivity contribution in [2.45, 2.75) is 46.7 Å². The molecule has 28 heavy (non-hydrogen) atoms. The number of hydrogen-bond donors (Lipinski definition) is 1. The van der Waals surface area contributed by atoms with Crippen molar-refractivity contribution in [1.82, 2.24) is 10.2 Å². The predicted octanol–water partition coefficient (Wildman–Crippen LogP) is 4.71. The molecule has 0 heterocycles. The van der Waals surface area contributed by atoms with Crippen LogP contribution in [-0.4, -0.2) is 29.3 Å². The van der Waals surface area contributed by atoms with Crippen LogP contribution >= 0.6 is 23.2 Å². The molecule has 0 aromatic heterocycles. The number of halogens is 2. The number of carbonyl (C=O) groups is 2. The van der Waals surface area contributed by atoms with Crippen LogP contribution in [0.5, 0.6) is 0 Å². The van der Waals surface area contributed by atoms with Gasteiger partial charge < -0.3 is 10.2 Å². The third-order valence-corrected chi connectivity index (χ3v) is 5.10. The molecule has 0 saturated heterocycles. The van der Waals surface area contributed by atoms with Crippen LogP contribution in [0.2, 0.25) is 10.0 Å². The molecule has 0 radical (unpaired) electrons. The molecule has 1 atom stereocenters. The van der Waals surface area contributed by atoms with Gasteiger partial charge in [-0.1, -0.05) is 58.6 Å². The van der Waals surface area contributed by atoms with Crippen LogP contribution in [0.15, 0.2) is 36.4 Å². The lowest BCUT2D eigenvalue weighted by molar-refractivity contribution is -0.140. The highest BCUT2D eigenvalue weighted by Gasteiger charge is 2.26. The number of benzene rings is 2. The maximum absolute atomic E-state index is 13.1. The summed E-state index contributed by atoms with van der Waals surface area (Å²) in [4.78, 5) is 27.1. The third kappa shape index (κ3) is 5.98. The average Bonchev–Trinajstić information content (AvgIpc) is 2.59. The Morgan fingerprint density at radius 3 is 2.29 bits per heavy atom. The number of aryl methyl sites for hydroxylation is 2. The van der Waals surface area contributed by atoms with Crippen LogP contribution in [0.3, 0.4) is 0 Å². The number of likely N-dealkylation sites (N-methyl/N-ethyl adjacent to an activating group) is 1. The Bertz CT molecular complexity index is 847. The van der Waals surface area contributed by atoms with Gasteiger partial charge in [-0.05, 0) is 51.0 Å². The van der Waals surface area contributed by atoms with Gasteiger partial charge in [0, 0.05) is 23.1 Å². The van der Waals surface area contributed by atoms with Crippen molar-refractivity contribution in [3.8, 4) is 0 Å². The molecule has 0 bridgehead atoms.